The maximum Gasteiger partial charge on any atom is 0.324 e. The highest BCUT2D eigenvalue weighted by atomic mass is 16.2. The van der Waals surface area contributed by atoms with Gasteiger partial charge in [0.15, 0.2) is 0 Å². The first-order valence-corrected chi connectivity index (χ1v) is 6.15. The van der Waals surface area contributed by atoms with Crippen LogP contribution in [0.5, 0.6) is 0 Å². The molecule has 1 heterocycles. The predicted octanol–water partition coefficient (Wildman–Crippen LogP) is 2.00. The number of nitrogens with one attached hydrogen (secondary N) is 1. The molecule has 0 aromatic heterocycles. The van der Waals surface area contributed by atoms with E-state index in [0.29, 0.717) is 19.0 Å². The summed E-state index contributed by atoms with van der Waals surface area (Å²) < 4.78 is 0. The van der Waals surface area contributed by atoms with Crippen LogP contribution in [-0.4, -0.2) is 29.9 Å². The molecule has 16 heavy (non-hydrogen) atoms. The molecule has 1 fully saturated rings. The van der Waals surface area contributed by atoms with Crippen molar-refractivity contribution in [2.45, 2.75) is 40.0 Å². The van der Waals surface area contributed by atoms with E-state index in [1.54, 1.807) is 0 Å². The molecule has 0 saturated carbocycles. The molecule has 1 unspecified atom stereocenters. The maximum atomic E-state index is 12.0. The second-order valence-corrected chi connectivity index (χ2v) is 4.86. The SMILES string of the molecule is CCCCN1C(=O)NCC(CC(C)C)C1=O. The summed E-state index contributed by atoms with van der Waals surface area (Å²) in [6.07, 6.45) is 2.72. The number of unbranched alkanes of at least 4 members (excludes halogenated alkanes) is 1. The first-order chi connectivity index (χ1) is 7.56. The molecule has 0 spiro atoms. The summed E-state index contributed by atoms with van der Waals surface area (Å²) in [7, 11) is 0. The van der Waals surface area contributed by atoms with Crippen LogP contribution < -0.4 is 5.32 Å². The summed E-state index contributed by atoms with van der Waals surface area (Å²) in [6, 6.07) is -0.224. The van der Waals surface area contributed by atoms with Crippen LogP contribution in [0.1, 0.15) is 40.0 Å². The molecule has 1 N–H and O–H groups in total. The molecule has 1 aliphatic heterocycles. The zero-order valence-corrected chi connectivity index (χ0v) is 10.5. The van der Waals surface area contributed by atoms with Gasteiger partial charge in [0, 0.05) is 13.1 Å². The minimum absolute atomic E-state index is 0.00546. The van der Waals surface area contributed by atoms with Crippen molar-refractivity contribution in [2.24, 2.45) is 11.8 Å². The Kier molecular flexibility index (Phi) is 4.77. The van der Waals surface area contributed by atoms with Crippen molar-refractivity contribution in [3.8, 4) is 0 Å². The van der Waals surface area contributed by atoms with E-state index in [1.807, 2.05) is 0 Å². The number of carbonyl (C=O) groups excluding carboxylic acids is 2. The smallest absolute Gasteiger partial charge is 0.324 e. The van der Waals surface area contributed by atoms with Gasteiger partial charge in [-0.05, 0) is 18.8 Å². The van der Waals surface area contributed by atoms with Gasteiger partial charge in [-0.2, -0.15) is 0 Å². The fourth-order valence-electron chi connectivity index (χ4n) is 1.99. The molecule has 0 aromatic carbocycles. The van der Waals surface area contributed by atoms with Crippen molar-refractivity contribution in [3.63, 3.8) is 0 Å². The van der Waals surface area contributed by atoms with E-state index in [0.717, 1.165) is 19.3 Å². The minimum atomic E-state index is -0.224. The van der Waals surface area contributed by atoms with Gasteiger partial charge in [0.05, 0.1) is 5.92 Å². The van der Waals surface area contributed by atoms with Gasteiger partial charge < -0.3 is 5.32 Å². The maximum absolute atomic E-state index is 12.0. The van der Waals surface area contributed by atoms with Crippen LogP contribution in [0.4, 0.5) is 4.79 Å². The third-order valence-corrected chi connectivity index (χ3v) is 2.85. The number of hydrogen-bond donors (Lipinski definition) is 1. The number of rotatable bonds is 5. The molecule has 1 rings (SSSR count). The van der Waals surface area contributed by atoms with E-state index in [1.165, 1.54) is 4.90 Å². The Bertz CT molecular complexity index is 264. The van der Waals surface area contributed by atoms with Crippen LogP contribution in [0, 0.1) is 11.8 Å². The molecule has 0 aromatic rings. The van der Waals surface area contributed by atoms with Gasteiger partial charge in [0.1, 0.15) is 0 Å². The van der Waals surface area contributed by atoms with Gasteiger partial charge in [0.25, 0.3) is 0 Å². The van der Waals surface area contributed by atoms with Crippen molar-refractivity contribution in [1.29, 1.82) is 0 Å². The van der Waals surface area contributed by atoms with Gasteiger partial charge in [-0.25, -0.2) is 4.79 Å². The quantitative estimate of drug-likeness (QED) is 0.779. The molecule has 3 amide bonds. The molecular weight excluding hydrogens is 204 g/mol. The number of urea groups is 1. The second-order valence-electron chi connectivity index (χ2n) is 4.86. The van der Waals surface area contributed by atoms with E-state index in [-0.39, 0.29) is 17.9 Å². The minimum Gasteiger partial charge on any atom is -0.337 e. The third kappa shape index (κ3) is 3.22. The van der Waals surface area contributed by atoms with Gasteiger partial charge in [-0.3, -0.25) is 9.69 Å². The van der Waals surface area contributed by atoms with Crippen LogP contribution in [0.3, 0.4) is 0 Å². The zero-order valence-electron chi connectivity index (χ0n) is 10.5. The Balaban J connectivity index is 2.59. The van der Waals surface area contributed by atoms with Crippen molar-refractivity contribution in [2.75, 3.05) is 13.1 Å². The molecule has 1 aliphatic rings. The zero-order chi connectivity index (χ0) is 12.1. The lowest BCUT2D eigenvalue weighted by Gasteiger charge is -2.32. The van der Waals surface area contributed by atoms with Gasteiger partial charge in [-0.1, -0.05) is 27.2 Å². The van der Waals surface area contributed by atoms with Gasteiger partial charge in [0.2, 0.25) is 5.91 Å². The van der Waals surface area contributed by atoms with E-state index in [9.17, 15) is 9.59 Å². The van der Waals surface area contributed by atoms with Crippen LogP contribution in [-0.2, 0) is 4.79 Å². The second kappa shape index (κ2) is 5.87. The monoisotopic (exact) mass is 226 g/mol. The average molecular weight is 226 g/mol. The van der Waals surface area contributed by atoms with Crippen LogP contribution in [0.15, 0.2) is 0 Å². The van der Waals surface area contributed by atoms with Crippen LogP contribution in [0.25, 0.3) is 0 Å². The number of hydrogen-bond acceptors (Lipinski definition) is 2. The van der Waals surface area contributed by atoms with E-state index in [2.05, 4.69) is 26.1 Å². The molecule has 0 aliphatic carbocycles. The van der Waals surface area contributed by atoms with E-state index in [4.69, 9.17) is 0 Å². The van der Waals surface area contributed by atoms with Crippen molar-refractivity contribution in [3.05, 3.63) is 0 Å². The molecule has 4 heteroatoms. The molecular formula is C12H22N2O2. The predicted molar refractivity (Wildman–Crippen MR) is 63.0 cm³/mol. The fraction of sp³-hybridized carbons (Fsp3) is 0.833. The lowest BCUT2D eigenvalue weighted by Crippen LogP contribution is -2.55. The summed E-state index contributed by atoms with van der Waals surface area (Å²) in [4.78, 5) is 25.0. The summed E-state index contributed by atoms with van der Waals surface area (Å²) >= 11 is 0. The highest BCUT2D eigenvalue weighted by molar-refractivity contribution is 5.98. The highest BCUT2D eigenvalue weighted by Crippen LogP contribution is 2.18. The number of amides is 3. The summed E-state index contributed by atoms with van der Waals surface area (Å²) in [5, 5.41) is 2.79. The molecule has 92 valence electrons. The molecule has 1 saturated heterocycles. The fourth-order valence-corrected chi connectivity index (χ4v) is 1.99. The van der Waals surface area contributed by atoms with Crippen molar-refractivity contribution >= 4 is 11.9 Å². The first-order valence-electron chi connectivity index (χ1n) is 6.15. The standard InChI is InChI=1S/C12H22N2O2/c1-4-5-6-14-11(15)10(7-9(2)3)8-13-12(14)16/h9-10H,4-8H2,1-3H3,(H,13,16). The highest BCUT2D eigenvalue weighted by Gasteiger charge is 2.33. The third-order valence-electron chi connectivity index (χ3n) is 2.85. The largest absolute Gasteiger partial charge is 0.337 e. The Morgan fingerprint density at radius 2 is 2.12 bits per heavy atom. The molecule has 0 bridgehead atoms. The molecule has 4 nitrogen and oxygen atoms in total. The lowest BCUT2D eigenvalue weighted by molar-refractivity contribution is -0.134. The number of imide groups is 1. The summed E-state index contributed by atoms with van der Waals surface area (Å²) in [5.41, 5.74) is 0. The Labute approximate surface area is 97.4 Å². The molecule has 0 radical (unpaired) electrons. The van der Waals surface area contributed by atoms with Gasteiger partial charge in [-0.15, -0.1) is 0 Å². The van der Waals surface area contributed by atoms with Crippen molar-refractivity contribution < 1.29 is 9.59 Å². The van der Waals surface area contributed by atoms with Gasteiger partial charge >= 0.3 is 6.03 Å². The Hall–Kier alpha value is -1.06. The Morgan fingerprint density at radius 3 is 2.69 bits per heavy atom. The lowest BCUT2D eigenvalue weighted by atomic mass is 9.94. The number of nitrogens with zero attached hydrogens (tertiary/aromatic N) is 1. The normalized spacial score (nSPS) is 21.5. The van der Waals surface area contributed by atoms with Crippen molar-refractivity contribution in [1.82, 2.24) is 10.2 Å². The molecule has 1 atom stereocenters. The Morgan fingerprint density at radius 1 is 1.44 bits per heavy atom. The number of carbonyl (C=O) groups is 2. The van der Waals surface area contributed by atoms with Crippen LogP contribution in [0.2, 0.25) is 0 Å². The summed E-state index contributed by atoms with van der Waals surface area (Å²) in [5.74, 6) is 0.456. The average Bonchev–Trinajstić information content (AvgIpc) is 2.22. The van der Waals surface area contributed by atoms with Crippen LogP contribution >= 0.6 is 0 Å². The first kappa shape index (κ1) is 13.0. The topological polar surface area (TPSA) is 49.4 Å². The van der Waals surface area contributed by atoms with E-state index >= 15 is 0 Å². The van der Waals surface area contributed by atoms with E-state index < -0.39 is 0 Å². The summed E-state index contributed by atoms with van der Waals surface area (Å²) in [6.45, 7) is 7.30.